The molecule has 1 aromatic carbocycles. The fourth-order valence-corrected chi connectivity index (χ4v) is 4.08. The zero-order chi connectivity index (χ0) is 13.1. The summed E-state index contributed by atoms with van der Waals surface area (Å²) in [6.45, 7) is 2.16. The van der Waals surface area contributed by atoms with Crippen LogP contribution in [0.4, 0.5) is 0 Å². The monoisotopic (exact) mass is 303 g/mol. The quantitative estimate of drug-likeness (QED) is 0.846. The first-order valence-electron chi connectivity index (χ1n) is 6.36. The number of rotatable bonds is 4. The van der Waals surface area contributed by atoms with Gasteiger partial charge in [0.25, 0.3) is 0 Å². The van der Waals surface area contributed by atoms with Crippen molar-refractivity contribution in [3.63, 3.8) is 0 Å². The first kappa shape index (κ1) is 14.5. The van der Waals surface area contributed by atoms with E-state index in [4.69, 9.17) is 23.2 Å². The van der Waals surface area contributed by atoms with Crippen molar-refractivity contribution in [1.29, 1.82) is 0 Å². The number of benzene rings is 1. The molecule has 0 aromatic heterocycles. The van der Waals surface area contributed by atoms with Gasteiger partial charge in [0.15, 0.2) is 0 Å². The average Bonchev–Trinajstić information content (AvgIpc) is 2.79. The van der Waals surface area contributed by atoms with Gasteiger partial charge in [0.05, 0.1) is 10.0 Å². The Labute approximate surface area is 124 Å². The molecule has 1 aromatic rings. The van der Waals surface area contributed by atoms with Crippen LogP contribution in [0.3, 0.4) is 0 Å². The number of thioether (sulfide) groups is 1. The van der Waals surface area contributed by atoms with E-state index in [0.717, 1.165) is 10.8 Å². The predicted molar refractivity (Wildman–Crippen MR) is 83.0 cm³/mol. The highest BCUT2D eigenvalue weighted by atomic mass is 35.5. The largest absolute Gasteiger partial charge is 0.306 e. The van der Waals surface area contributed by atoms with Crippen LogP contribution in [0.2, 0.25) is 10.0 Å². The zero-order valence-corrected chi connectivity index (χ0v) is 13.1. The molecule has 0 spiro atoms. The molecule has 1 aliphatic carbocycles. The van der Waals surface area contributed by atoms with Gasteiger partial charge >= 0.3 is 0 Å². The number of halogens is 2. The molecule has 100 valence electrons. The van der Waals surface area contributed by atoms with Crippen molar-refractivity contribution < 1.29 is 0 Å². The molecule has 1 N–H and O–H groups in total. The smallest absolute Gasteiger partial charge is 0.0639 e. The lowest BCUT2D eigenvalue weighted by Crippen LogP contribution is -2.35. The van der Waals surface area contributed by atoms with E-state index in [1.807, 2.05) is 23.9 Å². The Bertz CT molecular complexity index is 411. The van der Waals surface area contributed by atoms with E-state index in [9.17, 15) is 0 Å². The summed E-state index contributed by atoms with van der Waals surface area (Å²) in [5.41, 5.74) is 1.09. The highest BCUT2D eigenvalue weighted by molar-refractivity contribution is 7.99. The number of hydrogen-bond acceptors (Lipinski definition) is 2. The summed E-state index contributed by atoms with van der Waals surface area (Å²) in [5, 5.41) is 5.74. The van der Waals surface area contributed by atoms with E-state index in [-0.39, 0.29) is 6.04 Å². The van der Waals surface area contributed by atoms with E-state index in [1.165, 1.54) is 19.3 Å². The summed E-state index contributed by atoms with van der Waals surface area (Å²) in [4.78, 5) is 0. The summed E-state index contributed by atoms with van der Waals surface area (Å²) >= 11 is 14.3. The fraction of sp³-hybridized carbons (Fsp3) is 0.571. The van der Waals surface area contributed by atoms with Crippen LogP contribution in [0, 0.1) is 0 Å². The first-order chi connectivity index (χ1) is 8.63. The molecular weight excluding hydrogens is 285 g/mol. The highest BCUT2D eigenvalue weighted by Crippen LogP contribution is 2.33. The highest BCUT2D eigenvalue weighted by Gasteiger charge is 2.28. The van der Waals surface area contributed by atoms with E-state index < -0.39 is 0 Å². The topological polar surface area (TPSA) is 12.0 Å². The van der Waals surface area contributed by atoms with Crippen LogP contribution < -0.4 is 5.32 Å². The lowest BCUT2D eigenvalue weighted by atomic mass is 10.1. The van der Waals surface area contributed by atoms with E-state index in [1.54, 1.807) is 0 Å². The summed E-state index contributed by atoms with van der Waals surface area (Å²) in [6, 6.07) is 6.68. The van der Waals surface area contributed by atoms with Crippen molar-refractivity contribution in [2.45, 2.75) is 43.5 Å². The van der Waals surface area contributed by atoms with Crippen LogP contribution in [0.15, 0.2) is 18.2 Å². The molecule has 0 aliphatic heterocycles. The molecule has 1 nitrogen and oxygen atoms in total. The lowest BCUT2D eigenvalue weighted by Gasteiger charge is -2.25. The van der Waals surface area contributed by atoms with Gasteiger partial charge in [0, 0.05) is 17.3 Å². The van der Waals surface area contributed by atoms with E-state index in [0.29, 0.717) is 16.1 Å². The van der Waals surface area contributed by atoms with Gasteiger partial charge in [-0.2, -0.15) is 11.8 Å². The molecule has 0 amide bonds. The number of hydrogen-bond donors (Lipinski definition) is 1. The molecule has 0 radical (unpaired) electrons. The van der Waals surface area contributed by atoms with Gasteiger partial charge in [0.2, 0.25) is 0 Å². The molecule has 18 heavy (non-hydrogen) atoms. The Morgan fingerprint density at radius 3 is 2.83 bits per heavy atom. The molecular formula is C14H19Cl2NS. The van der Waals surface area contributed by atoms with Gasteiger partial charge in [-0.3, -0.25) is 0 Å². The van der Waals surface area contributed by atoms with Crippen LogP contribution in [-0.4, -0.2) is 17.5 Å². The maximum atomic E-state index is 6.27. The van der Waals surface area contributed by atoms with Crippen LogP contribution in [-0.2, 0) is 0 Å². The minimum absolute atomic E-state index is 0.244. The summed E-state index contributed by atoms with van der Waals surface area (Å²) in [7, 11) is 0. The third-order valence-corrected chi connectivity index (χ3v) is 5.67. The molecule has 1 fully saturated rings. The van der Waals surface area contributed by atoms with Crippen LogP contribution in [0.25, 0.3) is 0 Å². The molecule has 0 bridgehead atoms. The molecule has 4 heteroatoms. The van der Waals surface area contributed by atoms with E-state index >= 15 is 0 Å². The minimum atomic E-state index is 0.244. The number of nitrogens with one attached hydrogen (secondary N) is 1. The molecule has 2 rings (SSSR count). The Kier molecular flexibility index (Phi) is 5.25. The maximum Gasteiger partial charge on any atom is 0.0639 e. The second-order valence-electron chi connectivity index (χ2n) is 4.84. The van der Waals surface area contributed by atoms with Crippen molar-refractivity contribution in [1.82, 2.24) is 5.32 Å². The van der Waals surface area contributed by atoms with Gasteiger partial charge in [-0.25, -0.2) is 0 Å². The molecule has 3 atom stereocenters. The van der Waals surface area contributed by atoms with Crippen molar-refractivity contribution in [2.75, 3.05) is 6.26 Å². The Morgan fingerprint density at radius 2 is 2.11 bits per heavy atom. The normalized spacial score (nSPS) is 25.3. The summed E-state index contributed by atoms with van der Waals surface area (Å²) < 4.78 is 0. The lowest BCUT2D eigenvalue weighted by molar-refractivity contribution is 0.467. The maximum absolute atomic E-state index is 6.27. The predicted octanol–water partition coefficient (Wildman–Crippen LogP) is 4.93. The summed E-state index contributed by atoms with van der Waals surface area (Å²) in [6.07, 6.45) is 6.09. The molecule has 1 aliphatic rings. The molecule has 1 saturated carbocycles. The molecule has 0 saturated heterocycles. The van der Waals surface area contributed by atoms with Gasteiger partial charge in [-0.1, -0.05) is 41.8 Å². The van der Waals surface area contributed by atoms with Crippen molar-refractivity contribution in [3.05, 3.63) is 33.8 Å². The molecule has 3 unspecified atom stereocenters. The SMILES string of the molecule is CSC1CCCC1NC(C)c1cccc(Cl)c1Cl. The first-order valence-corrected chi connectivity index (χ1v) is 8.40. The summed E-state index contributed by atoms with van der Waals surface area (Å²) in [5.74, 6) is 0. The van der Waals surface area contributed by atoms with Crippen LogP contribution >= 0.6 is 35.0 Å². The second-order valence-corrected chi connectivity index (χ2v) is 6.71. The standard InChI is InChI=1S/C14H19Cl2NS/c1-9(10-5-3-6-11(15)14(10)16)17-12-7-4-8-13(12)18-2/h3,5-6,9,12-13,17H,4,7-8H2,1-2H3. The van der Waals surface area contributed by atoms with Gasteiger partial charge in [0.1, 0.15) is 0 Å². The third-order valence-electron chi connectivity index (χ3n) is 3.67. The van der Waals surface area contributed by atoms with Crippen molar-refractivity contribution in [3.8, 4) is 0 Å². The van der Waals surface area contributed by atoms with Gasteiger partial charge < -0.3 is 5.32 Å². The van der Waals surface area contributed by atoms with Crippen LogP contribution in [0.1, 0.15) is 37.8 Å². The van der Waals surface area contributed by atoms with Crippen LogP contribution in [0.5, 0.6) is 0 Å². The van der Waals surface area contributed by atoms with Crippen molar-refractivity contribution in [2.24, 2.45) is 0 Å². The molecule has 0 heterocycles. The Balaban J connectivity index is 2.07. The minimum Gasteiger partial charge on any atom is -0.306 e. The fourth-order valence-electron chi connectivity index (χ4n) is 2.66. The second kappa shape index (κ2) is 6.51. The van der Waals surface area contributed by atoms with Gasteiger partial charge in [-0.05, 0) is 37.7 Å². The Hall–Kier alpha value is 0.110. The average molecular weight is 304 g/mol. The van der Waals surface area contributed by atoms with Crippen molar-refractivity contribution >= 4 is 35.0 Å². The van der Waals surface area contributed by atoms with E-state index in [2.05, 4.69) is 24.6 Å². The zero-order valence-electron chi connectivity index (χ0n) is 10.7. The van der Waals surface area contributed by atoms with Gasteiger partial charge in [-0.15, -0.1) is 0 Å². The Morgan fingerprint density at radius 1 is 1.33 bits per heavy atom. The third kappa shape index (κ3) is 3.16.